The Morgan fingerprint density at radius 1 is 0.881 bits per heavy atom. The van der Waals surface area contributed by atoms with Gasteiger partial charge in [0, 0.05) is 42.0 Å². The summed E-state index contributed by atoms with van der Waals surface area (Å²) in [6.45, 7) is 2.37. The van der Waals surface area contributed by atoms with Crippen molar-refractivity contribution in [2.75, 3.05) is 21.7 Å². The summed E-state index contributed by atoms with van der Waals surface area (Å²) in [5.74, 6) is -0.567. The second-order valence-electron chi connectivity index (χ2n) is 14.2. The number of aromatic nitrogens is 3. The van der Waals surface area contributed by atoms with Crippen LogP contribution in [0.5, 0.6) is 0 Å². The van der Waals surface area contributed by atoms with Gasteiger partial charge in [-0.15, -0.1) is 0 Å². The zero-order valence-corrected chi connectivity index (χ0v) is 33.4. The minimum Gasteiger partial charge on any atom is -0.464 e. The number of carbonyl (C=O) groups excluding carboxylic acids is 1. The molecule has 11 nitrogen and oxygen atoms in total. The molecule has 2 aromatic heterocycles. The van der Waals surface area contributed by atoms with Crippen molar-refractivity contribution in [2.24, 2.45) is 0 Å². The molecule has 1 aliphatic rings. The second-order valence-corrected chi connectivity index (χ2v) is 15.0. The van der Waals surface area contributed by atoms with Gasteiger partial charge in [-0.2, -0.15) is 4.90 Å². The number of hydrogen-bond acceptors (Lipinski definition) is 6. The molecule has 3 N–H and O–H groups in total. The fraction of sp³-hybridized carbons (Fsp3) is 0.152. The summed E-state index contributed by atoms with van der Waals surface area (Å²) in [5, 5.41) is 23.8. The first kappa shape index (κ1) is 39.0. The highest BCUT2D eigenvalue weighted by atomic mass is 79.9. The average Bonchev–Trinajstić information content (AvgIpc) is 3.86. The van der Waals surface area contributed by atoms with E-state index in [9.17, 15) is 24.6 Å². The van der Waals surface area contributed by atoms with Crippen LogP contribution < -0.4 is 15.1 Å². The quantitative estimate of drug-likeness (QED) is 0.109. The molecule has 3 heterocycles. The van der Waals surface area contributed by atoms with Gasteiger partial charge >= 0.3 is 12.2 Å². The maximum Gasteiger partial charge on any atom is 0.422 e. The van der Waals surface area contributed by atoms with Gasteiger partial charge in [0.05, 0.1) is 5.69 Å². The standard InChI is InChI=1S/C46H38BrFN6O5/c1-2-29-25-36(40(48)37(26-29)52-24-12-19-39(52)55)41(50-34-20-21-35-30(27-34)22-23-49-42(35)54(44(56)57)45(58)59)43-51-38(47)28-53(43)46(31-13-6-3-7-14-31,32-15-8-4-9-16-32)33-17-10-5-11-18-33/h3-11,13-18,20-23,25-28,41,50H,2,12,19,24H2,1H3,(H,56,57)(H,58,59). The first-order valence-electron chi connectivity index (χ1n) is 19.1. The molecule has 0 radical (unpaired) electrons. The molecule has 0 saturated carbocycles. The fourth-order valence-corrected chi connectivity index (χ4v) is 8.52. The van der Waals surface area contributed by atoms with Gasteiger partial charge in [0.25, 0.3) is 0 Å². The number of imidazole rings is 1. The summed E-state index contributed by atoms with van der Waals surface area (Å²) in [6.07, 6.45) is 1.33. The van der Waals surface area contributed by atoms with E-state index < -0.39 is 29.6 Å². The van der Waals surface area contributed by atoms with Crippen LogP contribution in [0.15, 0.2) is 144 Å². The number of fused-ring (bicyclic) bond motifs is 1. The minimum absolute atomic E-state index is 0.149. The molecule has 5 aromatic carbocycles. The molecule has 1 fully saturated rings. The molecule has 1 unspecified atom stereocenters. The van der Waals surface area contributed by atoms with E-state index in [1.165, 1.54) is 11.1 Å². The zero-order chi connectivity index (χ0) is 41.3. The van der Waals surface area contributed by atoms with Crippen LogP contribution in [-0.4, -0.2) is 49.4 Å². The van der Waals surface area contributed by atoms with E-state index in [2.05, 4.69) is 67.2 Å². The molecule has 0 spiro atoms. The molecule has 3 amide bonds. The summed E-state index contributed by atoms with van der Waals surface area (Å²) < 4.78 is 20.1. The molecule has 7 aromatic rings. The van der Waals surface area contributed by atoms with Crippen molar-refractivity contribution in [1.29, 1.82) is 0 Å². The minimum atomic E-state index is -1.70. The van der Waals surface area contributed by atoms with Crippen molar-refractivity contribution in [3.63, 3.8) is 0 Å². The van der Waals surface area contributed by atoms with Crippen molar-refractivity contribution in [2.45, 2.75) is 37.8 Å². The van der Waals surface area contributed by atoms with Crippen LogP contribution in [0.4, 0.5) is 31.2 Å². The highest BCUT2D eigenvalue weighted by Crippen LogP contribution is 2.45. The van der Waals surface area contributed by atoms with Gasteiger partial charge in [0.2, 0.25) is 5.91 Å². The summed E-state index contributed by atoms with van der Waals surface area (Å²) in [6, 6.07) is 39.2. The van der Waals surface area contributed by atoms with Crippen LogP contribution in [-0.2, 0) is 16.8 Å². The number of rotatable bonds is 11. The third-order valence-corrected chi connectivity index (χ3v) is 11.2. The maximum atomic E-state index is 17.6. The van der Waals surface area contributed by atoms with Crippen LogP contribution in [0, 0.1) is 5.82 Å². The highest BCUT2D eigenvalue weighted by Gasteiger charge is 2.42. The van der Waals surface area contributed by atoms with Gasteiger partial charge in [0.15, 0.2) is 11.6 Å². The molecule has 13 heteroatoms. The molecule has 59 heavy (non-hydrogen) atoms. The first-order valence-corrected chi connectivity index (χ1v) is 19.9. The lowest BCUT2D eigenvalue weighted by Crippen LogP contribution is -2.40. The second kappa shape index (κ2) is 16.2. The van der Waals surface area contributed by atoms with Crippen LogP contribution >= 0.6 is 15.9 Å². The first-order chi connectivity index (χ1) is 28.6. The molecule has 1 saturated heterocycles. The Morgan fingerprint density at radius 3 is 2.03 bits per heavy atom. The summed E-state index contributed by atoms with van der Waals surface area (Å²) in [5.41, 5.74) is 3.46. The van der Waals surface area contributed by atoms with Gasteiger partial charge in [-0.3, -0.25) is 4.79 Å². The Balaban J connectivity index is 1.41. The number of nitrogens with zero attached hydrogens (tertiary/aromatic N) is 5. The number of pyridine rings is 1. The van der Waals surface area contributed by atoms with Gasteiger partial charge < -0.3 is 25.0 Å². The molecule has 1 atom stereocenters. The third-order valence-electron chi connectivity index (χ3n) is 10.8. The normalized spacial score (nSPS) is 13.4. The Bertz CT molecular complexity index is 2590. The third kappa shape index (κ3) is 7.07. The maximum absolute atomic E-state index is 17.6. The lowest BCUT2D eigenvalue weighted by Gasteiger charge is -2.39. The molecule has 296 valence electrons. The molecule has 8 rings (SSSR count). The topological polar surface area (TPSA) is 141 Å². The zero-order valence-electron chi connectivity index (χ0n) is 31.8. The molecular weight excluding hydrogens is 815 g/mol. The SMILES string of the molecule is CCc1cc(C(Nc2ccc3c(N(C(=O)O)C(=O)O)nccc3c2)c2nc(Br)cn2C(c2ccccc2)(c2ccccc2)c2ccccc2)c(F)c(N2CCCC2=O)c1. The Labute approximate surface area is 347 Å². The molecule has 1 aliphatic heterocycles. The molecule has 0 aliphatic carbocycles. The number of carbonyl (C=O) groups is 3. The summed E-state index contributed by atoms with van der Waals surface area (Å²) in [4.78, 5) is 48.0. The van der Waals surface area contributed by atoms with E-state index in [1.54, 1.807) is 36.4 Å². The van der Waals surface area contributed by atoms with Crippen molar-refractivity contribution in [3.8, 4) is 0 Å². The number of halogens is 2. The smallest absolute Gasteiger partial charge is 0.422 e. The van der Waals surface area contributed by atoms with Crippen molar-refractivity contribution < 1.29 is 29.0 Å². The predicted octanol–water partition coefficient (Wildman–Crippen LogP) is 10.2. The molecule has 0 bridgehead atoms. The highest BCUT2D eigenvalue weighted by molar-refractivity contribution is 9.10. The number of hydrogen-bond donors (Lipinski definition) is 3. The Kier molecular flexibility index (Phi) is 10.7. The Hall–Kier alpha value is -6.86. The van der Waals surface area contributed by atoms with Crippen LogP contribution in [0.25, 0.3) is 10.8 Å². The fourth-order valence-electron chi connectivity index (χ4n) is 8.14. The van der Waals surface area contributed by atoms with Gasteiger partial charge in [-0.05, 0) is 86.7 Å². The van der Waals surface area contributed by atoms with Crippen LogP contribution in [0.3, 0.4) is 0 Å². The van der Waals surface area contributed by atoms with Crippen molar-refractivity contribution in [3.05, 3.63) is 184 Å². The number of anilines is 3. The van der Waals surface area contributed by atoms with E-state index in [0.717, 1.165) is 22.3 Å². The monoisotopic (exact) mass is 852 g/mol. The van der Waals surface area contributed by atoms with Gasteiger partial charge in [-0.25, -0.2) is 23.9 Å². The van der Waals surface area contributed by atoms with Crippen LogP contribution in [0.1, 0.15) is 59.4 Å². The van der Waals surface area contributed by atoms with Crippen LogP contribution in [0.2, 0.25) is 0 Å². The van der Waals surface area contributed by atoms with E-state index in [0.29, 0.717) is 47.3 Å². The number of aryl methyl sites for hydroxylation is 1. The van der Waals surface area contributed by atoms with Gasteiger partial charge in [-0.1, -0.05) is 104 Å². The van der Waals surface area contributed by atoms with E-state index >= 15 is 4.39 Å². The number of imide groups is 1. The average molecular weight is 854 g/mol. The number of amides is 3. The lowest BCUT2D eigenvalue weighted by atomic mass is 9.76. The predicted molar refractivity (Wildman–Crippen MR) is 228 cm³/mol. The number of nitrogens with one attached hydrogen (secondary N) is 1. The van der Waals surface area contributed by atoms with Crippen molar-refractivity contribution >= 4 is 62.0 Å². The van der Waals surface area contributed by atoms with Gasteiger partial charge in [0.1, 0.15) is 22.0 Å². The summed E-state index contributed by atoms with van der Waals surface area (Å²) in [7, 11) is 0. The van der Waals surface area contributed by atoms with E-state index in [-0.39, 0.29) is 33.3 Å². The largest absolute Gasteiger partial charge is 0.464 e. The summed E-state index contributed by atoms with van der Waals surface area (Å²) >= 11 is 3.71. The van der Waals surface area contributed by atoms with E-state index in [4.69, 9.17) is 4.98 Å². The lowest BCUT2D eigenvalue weighted by molar-refractivity contribution is -0.117. The number of carboxylic acid groups (broad SMARTS) is 2. The Morgan fingerprint density at radius 2 is 1.49 bits per heavy atom. The van der Waals surface area contributed by atoms with E-state index in [1.807, 2.05) is 67.7 Å². The van der Waals surface area contributed by atoms with Crippen molar-refractivity contribution in [1.82, 2.24) is 14.5 Å². The number of benzene rings is 5. The molecular formula is C46H38BrFN6O5.